The molecule has 29 heavy (non-hydrogen) atoms. The number of halogens is 1. The Kier molecular flexibility index (Phi) is 4.96. The molecule has 1 heterocycles. The van der Waals surface area contributed by atoms with E-state index in [1.165, 1.54) is 5.56 Å². The first-order chi connectivity index (χ1) is 13.8. The maximum atomic E-state index is 12.6. The van der Waals surface area contributed by atoms with Gasteiger partial charge in [-0.05, 0) is 65.6 Å². The SMILES string of the molecule is CC(C)(C)c1ccc(C(=O)Nc2ccc3nn(-c4ccc(Br)cc4)nc3c2)cc1. The van der Waals surface area contributed by atoms with Crippen molar-refractivity contribution >= 4 is 38.6 Å². The number of amides is 1. The second-order valence-electron chi connectivity index (χ2n) is 7.95. The first kappa shape index (κ1) is 19.3. The van der Waals surface area contributed by atoms with Gasteiger partial charge in [0.15, 0.2) is 0 Å². The third-order valence-electron chi connectivity index (χ3n) is 4.71. The number of nitrogens with one attached hydrogen (secondary N) is 1. The van der Waals surface area contributed by atoms with Gasteiger partial charge in [-0.25, -0.2) is 0 Å². The molecule has 0 spiro atoms. The summed E-state index contributed by atoms with van der Waals surface area (Å²) in [6, 6.07) is 21.0. The summed E-state index contributed by atoms with van der Waals surface area (Å²) in [4.78, 5) is 14.2. The molecule has 0 atom stereocenters. The van der Waals surface area contributed by atoms with Crippen LogP contribution in [0.3, 0.4) is 0 Å². The van der Waals surface area contributed by atoms with Crippen LogP contribution < -0.4 is 5.32 Å². The topological polar surface area (TPSA) is 59.8 Å². The van der Waals surface area contributed by atoms with E-state index in [2.05, 4.69) is 52.2 Å². The van der Waals surface area contributed by atoms with Gasteiger partial charge in [0.2, 0.25) is 0 Å². The Labute approximate surface area is 177 Å². The summed E-state index contributed by atoms with van der Waals surface area (Å²) in [6.07, 6.45) is 0. The number of rotatable bonds is 3. The predicted molar refractivity (Wildman–Crippen MR) is 120 cm³/mol. The van der Waals surface area contributed by atoms with E-state index in [1.54, 1.807) is 4.80 Å². The summed E-state index contributed by atoms with van der Waals surface area (Å²) in [5, 5.41) is 12.0. The third-order valence-corrected chi connectivity index (χ3v) is 5.24. The van der Waals surface area contributed by atoms with E-state index < -0.39 is 0 Å². The molecule has 5 nitrogen and oxygen atoms in total. The Bertz CT molecular complexity index is 1170. The molecule has 146 valence electrons. The molecule has 0 aliphatic heterocycles. The van der Waals surface area contributed by atoms with Crippen LogP contribution in [0, 0.1) is 0 Å². The molecule has 0 bridgehead atoms. The first-order valence-electron chi connectivity index (χ1n) is 9.34. The van der Waals surface area contributed by atoms with Crippen molar-refractivity contribution in [3.8, 4) is 5.69 Å². The van der Waals surface area contributed by atoms with Crippen LogP contribution in [0.1, 0.15) is 36.7 Å². The molecule has 0 aliphatic carbocycles. The highest BCUT2D eigenvalue weighted by atomic mass is 79.9. The summed E-state index contributed by atoms with van der Waals surface area (Å²) in [7, 11) is 0. The quantitative estimate of drug-likeness (QED) is 0.435. The number of hydrogen-bond donors (Lipinski definition) is 1. The molecule has 0 fully saturated rings. The minimum absolute atomic E-state index is 0.0563. The number of aromatic nitrogens is 3. The van der Waals surface area contributed by atoms with Crippen LogP contribution in [0.4, 0.5) is 5.69 Å². The zero-order chi connectivity index (χ0) is 20.6. The number of hydrogen-bond acceptors (Lipinski definition) is 3. The molecule has 0 aliphatic rings. The fraction of sp³-hybridized carbons (Fsp3) is 0.174. The van der Waals surface area contributed by atoms with Crippen molar-refractivity contribution < 1.29 is 4.79 Å². The summed E-state index contributed by atoms with van der Waals surface area (Å²) < 4.78 is 0.999. The normalized spacial score (nSPS) is 11.6. The highest BCUT2D eigenvalue weighted by molar-refractivity contribution is 9.10. The van der Waals surface area contributed by atoms with Gasteiger partial charge in [0.1, 0.15) is 11.0 Å². The molecule has 1 aromatic heterocycles. The van der Waals surface area contributed by atoms with E-state index in [0.717, 1.165) is 15.7 Å². The predicted octanol–water partition coefficient (Wildman–Crippen LogP) is 5.73. The third kappa shape index (κ3) is 4.22. The van der Waals surface area contributed by atoms with Gasteiger partial charge in [-0.15, -0.1) is 10.2 Å². The van der Waals surface area contributed by atoms with Crippen molar-refractivity contribution in [1.29, 1.82) is 0 Å². The van der Waals surface area contributed by atoms with Crippen molar-refractivity contribution in [3.05, 3.63) is 82.3 Å². The number of carbonyl (C=O) groups excluding carboxylic acids is 1. The number of fused-ring (bicyclic) bond motifs is 1. The Morgan fingerprint density at radius 3 is 2.21 bits per heavy atom. The van der Waals surface area contributed by atoms with Crippen LogP contribution in [0.15, 0.2) is 71.2 Å². The van der Waals surface area contributed by atoms with Crippen LogP contribution in [0.2, 0.25) is 0 Å². The van der Waals surface area contributed by atoms with Crippen LogP contribution >= 0.6 is 15.9 Å². The van der Waals surface area contributed by atoms with E-state index in [9.17, 15) is 4.79 Å². The van der Waals surface area contributed by atoms with Gasteiger partial charge in [-0.3, -0.25) is 4.79 Å². The van der Waals surface area contributed by atoms with Gasteiger partial charge in [0, 0.05) is 15.7 Å². The Morgan fingerprint density at radius 1 is 0.897 bits per heavy atom. The summed E-state index contributed by atoms with van der Waals surface area (Å²) in [5.41, 5.74) is 4.91. The van der Waals surface area contributed by atoms with E-state index in [-0.39, 0.29) is 11.3 Å². The minimum Gasteiger partial charge on any atom is -0.322 e. The second-order valence-corrected chi connectivity index (χ2v) is 8.87. The van der Waals surface area contributed by atoms with E-state index >= 15 is 0 Å². The summed E-state index contributed by atoms with van der Waals surface area (Å²) in [6.45, 7) is 6.45. The summed E-state index contributed by atoms with van der Waals surface area (Å²) in [5.74, 6) is -0.148. The number of benzene rings is 3. The standard InChI is InChI=1S/C23H21BrN4O/c1-23(2,3)16-6-4-15(5-7-16)22(29)25-18-10-13-20-21(14-18)27-28(26-20)19-11-8-17(24)9-12-19/h4-14H,1-3H3,(H,25,29). The first-order valence-corrected chi connectivity index (χ1v) is 10.1. The lowest BCUT2D eigenvalue weighted by atomic mass is 9.87. The van der Waals surface area contributed by atoms with E-state index in [0.29, 0.717) is 16.8 Å². The van der Waals surface area contributed by atoms with Gasteiger partial charge in [-0.1, -0.05) is 48.8 Å². The molecule has 0 saturated heterocycles. The largest absolute Gasteiger partial charge is 0.322 e. The van der Waals surface area contributed by atoms with Crippen LogP contribution in [0.5, 0.6) is 0 Å². The van der Waals surface area contributed by atoms with Crippen molar-refractivity contribution in [3.63, 3.8) is 0 Å². The molecular formula is C23H21BrN4O. The van der Waals surface area contributed by atoms with Crippen LogP contribution in [-0.4, -0.2) is 20.9 Å². The number of carbonyl (C=O) groups is 1. The van der Waals surface area contributed by atoms with Gasteiger partial charge in [0.05, 0.1) is 5.69 Å². The smallest absolute Gasteiger partial charge is 0.255 e. The molecular weight excluding hydrogens is 428 g/mol. The molecule has 0 saturated carbocycles. The van der Waals surface area contributed by atoms with E-state index in [4.69, 9.17) is 0 Å². The molecule has 4 aromatic rings. The molecule has 1 amide bonds. The minimum atomic E-state index is -0.148. The Hall–Kier alpha value is -2.99. The summed E-state index contributed by atoms with van der Waals surface area (Å²) >= 11 is 3.43. The highest BCUT2D eigenvalue weighted by Gasteiger charge is 2.15. The Morgan fingerprint density at radius 2 is 1.55 bits per heavy atom. The lowest BCUT2D eigenvalue weighted by Crippen LogP contribution is -2.14. The molecule has 6 heteroatoms. The lowest BCUT2D eigenvalue weighted by Gasteiger charge is -2.19. The second kappa shape index (κ2) is 7.44. The van der Waals surface area contributed by atoms with Crippen molar-refractivity contribution in [1.82, 2.24) is 15.0 Å². The number of anilines is 1. The zero-order valence-corrected chi connectivity index (χ0v) is 18.1. The lowest BCUT2D eigenvalue weighted by molar-refractivity contribution is 0.102. The number of nitrogens with zero attached hydrogens (tertiary/aromatic N) is 3. The van der Waals surface area contributed by atoms with E-state index in [1.807, 2.05) is 66.7 Å². The fourth-order valence-corrected chi connectivity index (χ4v) is 3.27. The maximum absolute atomic E-state index is 12.6. The van der Waals surface area contributed by atoms with Gasteiger partial charge in [0.25, 0.3) is 5.91 Å². The zero-order valence-electron chi connectivity index (χ0n) is 16.5. The van der Waals surface area contributed by atoms with Gasteiger partial charge < -0.3 is 5.32 Å². The average molecular weight is 449 g/mol. The molecule has 3 aromatic carbocycles. The molecule has 0 radical (unpaired) electrons. The highest BCUT2D eigenvalue weighted by Crippen LogP contribution is 2.23. The van der Waals surface area contributed by atoms with Crippen molar-refractivity contribution in [2.45, 2.75) is 26.2 Å². The monoisotopic (exact) mass is 448 g/mol. The van der Waals surface area contributed by atoms with Gasteiger partial charge in [-0.2, -0.15) is 4.80 Å². The van der Waals surface area contributed by atoms with Crippen molar-refractivity contribution in [2.75, 3.05) is 5.32 Å². The van der Waals surface area contributed by atoms with Gasteiger partial charge >= 0.3 is 0 Å². The van der Waals surface area contributed by atoms with Crippen molar-refractivity contribution in [2.24, 2.45) is 0 Å². The molecule has 1 N–H and O–H groups in total. The molecule has 0 unspecified atom stereocenters. The molecule has 4 rings (SSSR count). The maximum Gasteiger partial charge on any atom is 0.255 e. The Balaban J connectivity index is 1.55. The fourth-order valence-electron chi connectivity index (χ4n) is 3.01. The average Bonchev–Trinajstić information content (AvgIpc) is 3.11. The van der Waals surface area contributed by atoms with Crippen LogP contribution in [-0.2, 0) is 5.41 Å². The van der Waals surface area contributed by atoms with Crippen LogP contribution in [0.25, 0.3) is 16.7 Å².